The van der Waals surface area contributed by atoms with Gasteiger partial charge < -0.3 is 10.3 Å². The molecule has 1 aliphatic carbocycles. The van der Waals surface area contributed by atoms with Gasteiger partial charge in [0, 0.05) is 46.2 Å². The molecule has 0 radical (unpaired) electrons. The molecule has 11 heteroatoms. The Kier molecular flexibility index (Phi) is 7.80. The van der Waals surface area contributed by atoms with Crippen LogP contribution in [0.1, 0.15) is 42.0 Å². The molecule has 0 saturated heterocycles. The second-order valence-corrected chi connectivity index (χ2v) is 10.1. The molecule has 2 aromatic carbocycles. The average Bonchev–Trinajstić information content (AvgIpc) is 3.27. The lowest BCUT2D eigenvalue weighted by atomic mass is 9.93. The topological polar surface area (TPSA) is 90.2 Å². The van der Waals surface area contributed by atoms with Crippen molar-refractivity contribution >= 4 is 46.1 Å². The first kappa shape index (κ1) is 26.9. The third kappa shape index (κ3) is 5.60. The number of hydrogen-bond acceptors (Lipinski definition) is 5. The largest absolute Gasteiger partial charge is 0.505 e. The maximum absolute atomic E-state index is 14.1. The van der Waals surface area contributed by atoms with Crippen molar-refractivity contribution < 1.29 is 13.0 Å². The Labute approximate surface area is 227 Å². The first-order valence-corrected chi connectivity index (χ1v) is 12.7. The number of benzene rings is 2. The molecule has 1 aliphatic rings. The molecule has 0 saturated carbocycles. The predicted octanol–water partition coefficient (Wildman–Crippen LogP) is 6.44. The zero-order valence-corrected chi connectivity index (χ0v) is 22.3. The van der Waals surface area contributed by atoms with Crippen molar-refractivity contribution in [3.63, 3.8) is 0 Å². The van der Waals surface area contributed by atoms with E-state index in [4.69, 9.17) is 34.8 Å². The number of hydrazine groups is 1. The minimum absolute atomic E-state index is 0.335. The number of allylic oxidation sites excluding steroid dienone is 4. The molecule has 1 aromatic heterocycles. The summed E-state index contributed by atoms with van der Waals surface area (Å²) in [5.74, 6) is 3.97. The second-order valence-electron chi connectivity index (χ2n) is 8.61. The zero-order valence-electron chi connectivity index (χ0n) is 20.0. The van der Waals surface area contributed by atoms with E-state index in [-0.39, 0.29) is 5.69 Å². The van der Waals surface area contributed by atoms with E-state index < -0.39 is 12.0 Å². The van der Waals surface area contributed by atoms with Gasteiger partial charge in [0.15, 0.2) is 0 Å². The van der Waals surface area contributed by atoms with Crippen molar-refractivity contribution in [2.24, 2.45) is 11.6 Å². The monoisotopic (exact) mass is 562 g/mol. The maximum Gasteiger partial charge on any atom is 0.505 e. The molecular weight excluding hydrogens is 539 g/mol. The Hall–Kier alpha value is -3.11. The molecule has 1 unspecified atom stereocenters. The summed E-state index contributed by atoms with van der Waals surface area (Å²) in [6.07, 6.45) is 6.91. The molecule has 6 nitrogen and oxygen atoms in total. The molecule has 4 N–H and O–H groups in total. The molecule has 0 aliphatic heterocycles. The van der Waals surface area contributed by atoms with Crippen molar-refractivity contribution in [2.75, 3.05) is 0 Å². The Morgan fingerprint density at radius 2 is 2.03 bits per heavy atom. The third-order valence-electron chi connectivity index (χ3n) is 6.07. The van der Waals surface area contributed by atoms with E-state index in [0.29, 0.717) is 55.8 Å². The molecule has 1 heterocycles. The molecular formula is C26H24Cl2F2N5OS+. The highest BCUT2D eigenvalue weighted by Gasteiger charge is 2.32. The van der Waals surface area contributed by atoms with E-state index in [1.54, 1.807) is 47.9 Å². The number of nitrogens with two attached hydrogens (primary N) is 2. The number of halogens is 4. The van der Waals surface area contributed by atoms with Gasteiger partial charge in [0.05, 0.1) is 22.5 Å². The highest BCUT2D eigenvalue weighted by molar-refractivity contribution is 7.65. The molecule has 4 rings (SSSR count). The summed E-state index contributed by atoms with van der Waals surface area (Å²) in [7, 11) is 0. The van der Waals surface area contributed by atoms with Gasteiger partial charge in [0.25, 0.3) is 10.8 Å². The zero-order chi connectivity index (χ0) is 26.9. The summed E-state index contributed by atoms with van der Waals surface area (Å²) in [4.78, 5) is 4.66. The van der Waals surface area contributed by atoms with Gasteiger partial charge in [-0.15, -0.1) is 0 Å². The third-order valence-corrected chi connectivity index (χ3v) is 7.07. The lowest BCUT2D eigenvalue weighted by Gasteiger charge is -2.34. The van der Waals surface area contributed by atoms with Crippen LogP contribution in [0.4, 0.5) is 8.78 Å². The van der Waals surface area contributed by atoms with Crippen LogP contribution < -0.4 is 11.6 Å². The summed E-state index contributed by atoms with van der Waals surface area (Å²) in [6, 6.07) is 11.7. The summed E-state index contributed by atoms with van der Waals surface area (Å²) < 4.78 is 41.2. The van der Waals surface area contributed by atoms with Crippen LogP contribution in [0.5, 0.6) is 0 Å². The van der Waals surface area contributed by atoms with Crippen molar-refractivity contribution in [3.8, 4) is 0 Å². The molecule has 192 valence electrons. The molecule has 0 spiro atoms. The van der Waals surface area contributed by atoms with Crippen molar-refractivity contribution in [1.82, 2.24) is 14.6 Å². The van der Waals surface area contributed by atoms with Crippen molar-refractivity contribution in [3.05, 3.63) is 105 Å². The molecule has 37 heavy (non-hydrogen) atoms. The number of imidazole rings is 1. The highest BCUT2D eigenvalue weighted by Crippen LogP contribution is 2.39. The summed E-state index contributed by atoms with van der Waals surface area (Å²) in [5.41, 5.74) is 8.79. The van der Waals surface area contributed by atoms with Crippen molar-refractivity contribution in [1.29, 1.82) is 0 Å². The Morgan fingerprint density at radius 1 is 1.27 bits per heavy atom. The van der Waals surface area contributed by atoms with Crippen LogP contribution in [0.2, 0.25) is 10.0 Å². The summed E-state index contributed by atoms with van der Waals surface area (Å²) in [5, 5.41) is 2.18. The fraction of sp³-hybridized carbons (Fsp3) is 0.192. The average molecular weight is 563 g/mol. The van der Waals surface area contributed by atoms with Gasteiger partial charge >= 0.3 is 11.7 Å². The van der Waals surface area contributed by atoms with Gasteiger partial charge in [-0.3, -0.25) is 5.01 Å². The van der Waals surface area contributed by atoms with Crippen molar-refractivity contribution in [2.45, 2.75) is 37.1 Å². The number of rotatable bonds is 7. The molecule has 0 fully saturated rings. The van der Waals surface area contributed by atoms with Gasteiger partial charge in [-0.1, -0.05) is 41.4 Å². The maximum atomic E-state index is 14.1. The van der Waals surface area contributed by atoms with Crippen LogP contribution >= 0.6 is 23.2 Å². The van der Waals surface area contributed by atoms with Crippen LogP contribution in [0, 0.1) is 6.92 Å². The van der Waals surface area contributed by atoms with E-state index in [2.05, 4.69) is 4.98 Å². The first-order chi connectivity index (χ1) is 17.5. The van der Waals surface area contributed by atoms with Gasteiger partial charge in [-0.05, 0) is 48.8 Å². The van der Waals surface area contributed by atoms with Gasteiger partial charge in [-0.25, -0.2) is 10.8 Å². The first-order valence-electron chi connectivity index (χ1n) is 11.2. The van der Waals surface area contributed by atoms with Gasteiger partial charge in [0.1, 0.15) is 11.5 Å². The normalized spacial score (nSPS) is 16.3. The fourth-order valence-electron chi connectivity index (χ4n) is 4.24. The van der Waals surface area contributed by atoms with E-state index in [1.807, 2.05) is 18.2 Å². The molecule has 3 aromatic rings. The van der Waals surface area contributed by atoms with Crippen LogP contribution in [-0.4, -0.2) is 14.6 Å². The van der Waals surface area contributed by atoms with Crippen LogP contribution in [0.25, 0.3) is 11.3 Å². The minimum Gasteiger partial charge on any atom is -0.403 e. The lowest BCUT2D eigenvalue weighted by Crippen LogP contribution is -2.35. The number of alkyl halides is 2. The number of nitrogens with zero attached hydrogens (tertiary/aromatic N) is 3. The quantitative estimate of drug-likeness (QED) is 0.196. The summed E-state index contributed by atoms with van der Waals surface area (Å²) >= 11 is 12.9. The van der Waals surface area contributed by atoms with Crippen LogP contribution in [0.15, 0.2) is 77.6 Å². The van der Waals surface area contributed by atoms with Crippen LogP contribution in [0.3, 0.4) is 0 Å². The molecule has 0 bridgehead atoms. The highest BCUT2D eigenvalue weighted by atomic mass is 35.5. The SMILES string of the molecule is Cc1nc(C(C)(F)F)cn1C1CC=C(c2cccc([S+]=O)c2)C=C1N(N)/C(=C\N)c1ccc(Cl)cc1Cl. The van der Waals surface area contributed by atoms with E-state index in [1.165, 1.54) is 17.4 Å². The van der Waals surface area contributed by atoms with E-state index in [0.717, 1.165) is 18.1 Å². The van der Waals surface area contributed by atoms with Gasteiger partial charge in [-0.2, -0.15) is 8.78 Å². The standard InChI is InChI=1S/C26H24Cl2F2N5OS/c1-15-33-25(26(2,29)30)14-34(15)22-9-6-17(16-4-3-5-19(10-16)37-36)11-23(22)35(32)24(13-31)20-8-7-18(27)12-21(20)28/h3-8,10-14,22H,9,31-32H2,1-2H3/q+1/b24-13-. The van der Waals surface area contributed by atoms with Gasteiger partial charge in [0.2, 0.25) is 0 Å². The smallest absolute Gasteiger partial charge is 0.403 e. The van der Waals surface area contributed by atoms with E-state index in [9.17, 15) is 13.0 Å². The Bertz CT molecular complexity index is 1440. The fourth-order valence-corrected chi connectivity index (χ4v) is 5.05. The molecule has 1 atom stereocenters. The molecule has 0 amide bonds. The second kappa shape index (κ2) is 10.7. The number of aromatic nitrogens is 2. The minimum atomic E-state index is -3.10. The Balaban J connectivity index is 1.84. The number of aryl methyl sites for hydroxylation is 1. The predicted molar refractivity (Wildman–Crippen MR) is 144 cm³/mol. The lowest BCUT2D eigenvalue weighted by molar-refractivity contribution is 0.0130. The van der Waals surface area contributed by atoms with Crippen LogP contribution in [-0.2, 0) is 21.8 Å². The Morgan fingerprint density at radius 3 is 2.65 bits per heavy atom. The summed E-state index contributed by atoms with van der Waals surface area (Å²) in [6.45, 7) is 2.47. The number of hydrogen-bond donors (Lipinski definition) is 2. The van der Waals surface area contributed by atoms with E-state index >= 15 is 0 Å².